The molecule has 0 saturated carbocycles. The lowest BCUT2D eigenvalue weighted by Gasteiger charge is -2.25. The molecule has 1 aromatic carbocycles. The molecule has 1 fully saturated rings. The minimum atomic E-state index is -0.217. The summed E-state index contributed by atoms with van der Waals surface area (Å²) in [5.74, 6) is 0.181. The molecule has 1 heterocycles. The summed E-state index contributed by atoms with van der Waals surface area (Å²) in [5, 5.41) is 2.27. The monoisotopic (exact) mass is 289 g/mol. The van der Waals surface area contributed by atoms with Gasteiger partial charge in [0.1, 0.15) is 5.75 Å². The first-order valence-electron chi connectivity index (χ1n) is 5.68. The topological polar surface area (TPSA) is 38.8 Å². The van der Waals surface area contributed by atoms with Gasteiger partial charge in [0.05, 0.1) is 11.6 Å². The van der Waals surface area contributed by atoms with Gasteiger partial charge in [-0.05, 0) is 25.0 Å². The van der Waals surface area contributed by atoms with E-state index in [1.54, 1.807) is 18.2 Å². The number of amides is 1. The van der Waals surface area contributed by atoms with E-state index in [9.17, 15) is 4.79 Å². The second kappa shape index (κ2) is 6.27. The highest BCUT2D eigenvalue weighted by atomic mass is 35.5. The summed E-state index contributed by atoms with van der Waals surface area (Å²) in [6.07, 6.45) is 1.93. The quantitative estimate of drug-likeness (QED) is 0.859. The summed E-state index contributed by atoms with van der Waals surface area (Å²) in [6, 6.07) is 4.86. The summed E-state index contributed by atoms with van der Waals surface area (Å²) in [4.78, 5) is 17.0. The Labute approximate surface area is 115 Å². The fourth-order valence-corrected chi connectivity index (χ4v) is 1.93. The van der Waals surface area contributed by atoms with E-state index in [1.165, 1.54) is 5.06 Å². The van der Waals surface area contributed by atoms with Crippen molar-refractivity contribution in [3.63, 3.8) is 0 Å². The van der Waals surface area contributed by atoms with Gasteiger partial charge in [-0.1, -0.05) is 23.2 Å². The maximum atomic E-state index is 11.8. The van der Waals surface area contributed by atoms with E-state index in [4.69, 9.17) is 32.8 Å². The zero-order chi connectivity index (χ0) is 13.0. The first kappa shape index (κ1) is 13.5. The highest BCUT2D eigenvalue weighted by molar-refractivity contribution is 6.34. The van der Waals surface area contributed by atoms with Gasteiger partial charge in [-0.2, -0.15) is 0 Å². The minimum absolute atomic E-state index is 0.111. The number of carbonyl (C=O) groups excluding carboxylic acids is 1. The van der Waals surface area contributed by atoms with E-state index < -0.39 is 0 Å². The van der Waals surface area contributed by atoms with Crippen LogP contribution in [-0.2, 0) is 9.63 Å². The van der Waals surface area contributed by atoms with Gasteiger partial charge in [0.15, 0.2) is 6.61 Å². The first-order chi connectivity index (χ1) is 8.66. The van der Waals surface area contributed by atoms with Crippen LogP contribution in [0.15, 0.2) is 18.2 Å². The maximum absolute atomic E-state index is 11.8. The van der Waals surface area contributed by atoms with Crippen molar-refractivity contribution in [1.29, 1.82) is 0 Å². The number of benzene rings is 1. The highest BCUT2D eigenvalue weighted by Gasteiger charge is 2.18. The molecule has 0 radical (unpaired) electrons. The lowest BCUT2D eigenvalue weighted by atomic mass is 10.3. The Morgan fingerprint density at radius 3 is 2.94 bits per heavy atom. The molecule has 6 heteroatoms. The number of ether oxygens (including phenoxy) is 1. The number of rotatable bonds is 3. The van der Waals surface area contributed by atoms with Crippen LogP contribution in [0, 0.1) is 0 Å². The van der Waals surface area contributed by atoms with E-state index >= 15 is 0 Å². The van der Waals surface area contributed by atoms with Crippen LogP contribution in [0.25, 0.3) is 0 Å². The minimum Gasteiger partial charge on any atom is -0.482 e. The predicted molar refractivity (Wildman–Crippen MR) is 68.9 cm³/mol. The summed E-state index contributed by atoms with van der Waals surface area (Å²) in [7, 11) is 0. The van der Waals surface area contributed by atoms with Gasteiger partial charge in [-0.15, -0.1) is 0 Å². The van der Waals surface area contributed by atoms with Gasteiger partial charge in [0, 0.05) is 17.6 Å². The van der Waals surface area contributed by atoms with Crippen LogP contribution >= 0.6 is 23.2 Å². The Kier molecular flexibility index (Phi) is 4.69. The number of hydrogen-bond donors (Lipinski definition) is 0. The van der Waals surface area contributed by atoms with E-state index in [2.05, 4.69) is 0 Å². The van der Waals surface area contributed by atoms with Crippen molar-refractivity contribution in [2.75, 3.05) is 19.8 Å². The molecule has 1 aliphatic rings. The van der Waals surface area contributed by atoms with Crippen LogP contribution in [-0.4, -0.2) is 30.7 Å². The van der Waals surface area contributed by atoms with Crippen molar-refractivity contribution < 1.29 is 14.4 Å². The molecule has 0 unspecified atom stereocenters. The van der Waals surface area contributed by atoms with Crippen LogP contribution in [0.5, 0.6) is 5.75 Å². The van der Waals surface area contributed by atoms with Crippen molar-refractivity contribution in [2.45, 2.75) is 12.8 Å². The number of hydroxylamine groups is 2. The maximum Gasteiger partial charge on any atom is 0.283 e. The van der Waals surface area contributed by atoms with Crippen molar-refractivity contribution in [2.24, 2.45) is 0 Å². The van der Waals surface area contributed by atoms with Gasteiger partial charge in [-0.25, -0.2) is 5.06 Å². The molecule has 1 amide bonds. The smallest absolute Gasteiger partial charge is 0.283 e. The van der Waals surface area contributed by atoms with Crippen LogP contribution in [0.1, 0.15) is 12.8 Å². The molecule has 0 atom stereocenters. The molecule has 0 N–H and O–H groups in total. The Balaban J connectivity index is 1.90. The number of carbonyl (C=O) groups is 1. The zero-order valence-electron chi connectivity index (χ0n) is 9.70. The molecular weight excluding hydrogens is 277 g/mol. The van der Waals surface area contributed by atoms with Gasteiger partial charge < -0.3 is 4.74 Å². The molecule has 1 aromatic rings. The number of nitrogens with zero attached hydrogens (tertiary/aromatic N) is 1. The van der Waals surface area contributed by atoms with Crippen LogP contribution < -0.4 is 4.74 Å². The molecule has 98 valence electrons. The molecule has 0 bridgehead atoms. The summed E-state index contributed by atoms with van der Waals surface area (Å²) >= 11 is 11.7. The summed E-state index contributed by atoms with van der Waals surface area (Å²) < 4.78 is 5.35. The number of halogens is 2. The third kappa shape index (κ3) is 3.51. The third-order valence-electron chi connectivity index (χ3n) is 2.53. The van der Waals surface area contributed by atoms with Gasteiger partial charge >= 0.3 is 0 Å². The molecule has 0 aliphatic carbocycles. The van der Waals surface area contributed by atoms with E-state index in [0.717, 1.165) is 12.8 Å². The van der Waals surface area contributed by atoms with Gasteiger partial charge in [0.25, 0.3) is 5.91 Å². The van der Waals surface area contributed by atoms with Crippen molar-refractivity contribution in [1.82, 2.24) is 5.06 Å². The average molecular weight is 290 g/mol. The fraction of sp³-hybridized carbons (Fsp3) is 0.417. The Bertz CT molecular complexity index is 433. The molecule has 4 nitrogen and oxygen atoms in total. The highest BCUT2D eigenvalue weighted by Crippen LogP contribution is 2.27. The lowest BCUT2D eigenvalue weighted by molar-refractivity contribution is -0.198. The average Bonchev–Trinajstić information content (AvgIpc) is 2.40. The molecule has 1 saturated heterocycles. The Hall–Kier alpha value is -0.970. The molecule has 1 aliphatic heterocycles. The van der Waals surface area contributed by atoms with Crippen LogP contribution in [0.4, 0.5) is 0 Å². The van der Waals surface area contributed by atoms with Crippen LogP contribution in [0.3, 0.4) is 0 Å². The largest absolute Gasteiger partial charge is 0.482 e. The normalized spacial score (nSPS) is 15.6. The Morgan fingerprint density at radius 1 is 1.39 bits per heavy atom. The van der Waals surface area contributed by atoms with Crippen molar-refractivity contribution >= 4 is 29.1 Å². The Morgan fingerprint density at radius 2 is 2.22 bits per heavy atom. The molecular formula is C12H13Cl2NO3. The van der Waals surface area contributed by atoms with E-state index in [0.29, 0.717) is 28.9 Å². The molecule has 2 rings (SSSR count). The van der Waals surface area contributed by atoms with Crippen molar-refractivity contribution in [3.05, 3.63) is 28.2 Å². The van der Waals surface area contributed by atoms with E-state index in [-0.39, 0.29) is 12.5 Å². The standard InChI is InChI=1S/C12H13Cl2NO3/c13-9-3-4-10(14)11(7-9)17-8-12(16)15-5-1-2-6-18-15/h3-4,7H,1-2,5-6,8H2. The summed E-state index contributed by atoms with van der Waals surface area (Å²) in [6.45, 7) is 1.06. The number of hydrogen-bond acceptors (Lipinski definition) is 3. The van der Waals surface area contributed by atoms with Crippen LogP contribution in [0.2, 0.25) is 10.0 Å². The summed E-state index contributed by atoms with van der Waals surface area (Å²) in [5.41, 5.74) is 0. The predicted octanol–water partition coefficient (Wildman–Crippen LogP) is 2.93. The first-order valence-corrected chi connectivity index (χ1v) is 6.43. The van der Waals surface area contributed by atoms with Gasteiger partial charge in [0.2, 0.25) is 0 Å². The van der Waals surface area contributed by atoms with Gasteiger partial charge in [-0.3, -0.25) is 9.63 Å². The third-order valence-corrected chi connectivity index (χ3v) is 3.07. The lowest BCUT2D eigenvalue weighted by Crippen LogP contribution is -2.38. The molecule has 0 aromatic heterocycles. The fourth-order valence-electron chi connectivity index (χ4n) is 1.59. The van der Waals surface area contributed by atoms with E-state index in [1.807, 2.05) is 0 Å². The second-order valence-corrected chi connectivity index (χ2v) is 4.74. The van der Waals surface area contributed by atoms with Crippen molar-refractivity contribution in [3.8, 4) is 5.75 Å². The molecule has 18 heavy (non-hydrogen) atoms. The SMILES string of the molecule is O=C(COc1cc(Cl)ccc1Cl)N1CCCCO1. The molecule has 0 spiro atoms. The zero-order valence-corrected chi connectivity index (χ0v) is 11.2. The second-order valence-electron chi connectivity index (χ2n) is 3.90.